The summed E-state index contributed by atoms with van der Waals surface area (Å²) in [5.74, 6) is 0. The SMILES string of the molecule is Pc1ccccc1CNCc1ccccn1. The number of benzene rings is 1. The number of nitrogens with one attached hydrogen (secondary N) is 1. The van der Waals surface area contributed by atoms with Crippen molar-refractivity contribution in [2.75, 3.05) is 0 Å². The Morgan fingerprint density at radius 1 is 1.00 bits per heavy atom. The summed E-state index contributed by atoms with van der Waals surface area (Å²) in [6.45, 7) is 1.68. The fraction of sp³-hybridized carbons (Fsp3) is 0.154. The molecule has 1 N–H and O–H groups in total. The van der Waals surface area contributed by atoms with Crippen LogP contribution in [0.3, 0.4) is 0 Å². The molecule has 0 saturated carbocycles. The minimum Gasteiger partial charge on any atom is -0.307 e. The van der Waals surface area contributed by atoms with Gasteiger partial charge in [-0.25, -0.2) is 0 Å². The average Bonchev–Trinajstić information content (AvgIpc) is 2.33. The summed E-state index contributed by atoms with van der Waals surface area (Å²) in [4.78, 5) is 4.26. The molecule has 1 unspecified atom stereocenters. The molecule has 2 aromatic rings. The van der Waals surface area contributed by atoms with Gasteiger partial charge in [0.05, 0.1) is 5.69 Å². The molecule has 1 aromatic carbocycles. The van der Waals surface area contributed by atoms with Crippen LogP contribution in [-0.4, -0.2) is 4.98 Å². The zero-order valence-corrected chi connectivity index (χ0v) is 10.2. The van der Waals surface area contributed by atoms with Crippen LogP contribution in [0.2, 0.25) is 0 Å². The van der Waals surface area contributed by atoms with Gasteiger partial charge in [-0.15, -0.1) is 9.24 Å². The Hall–Kier alpha value is -1.24. The van der Waals surface area contributed by atoms with Crippen LogP contribution in [0.4, 0.5) is 0 Å². The molecule has 2 nitrogen and oxygen atoms in total. The van der Waals surface area contributed by atoms with Crippen molar-refractivity contribution >= 4 is 14.5 Å². The first-order chi connectivity index (χ1) is 7.86. The molecule has 0 saturated heterocycles. The maximum Gasteiger partial charge on any atom is 0.0541 e. The Labute approximate surface area is 98.3 Å². The molecule has 1 heterocycles. The largest absolute Gasteiger partial charge is 0.307 e. The molecule has 0 spiro atoms. The second kappa shape index (κ2) is 5.74. The van der Waals surface area contributed by atoms with Crippen molar-refractivity contribution < 1.29 is 0 Å². The topological polar surface area (TPSA) is 24.9 Å². The Kier molecular flexibility index (Phi) is 4.03. The van der Waals surface area contributed by atoms with Crippen molar-refractivity contribution in [2.45, 2.75) is 13.1 Å². The Balaban J connectivity index is 1.87. The Morgan fingerprint density at radius 2 is 1.81 bits per heavy atom. The third kappa shape index (κ3) is 3.13. The van der Waals surface area contributed by atoms with Gasteiger partial charge in [-0.1, -0.05) is 30.3 Å². The van der Waals surface area contributed by atoms with E-state index in [0.717, 1.165) is 18.8 Å². The summed E-state index contributed by atoms with van der Waals surface area (Å²) < 4.78 is 0. The first-order valence-electron chi connectivity index (χ1n) is 5.30. The number of hydrogen-bond acceptors (Lipinski definition) is 2. The van der Waals surface area contributed by atoms with Crippen LogP contribution in [-0.2, 0) is 13.1 Å². The highest BCUT2D eigenvalue weighted by Gasteiger charge is 1.97. The Morgan fingerprint density at radius 3 is 2.56 bits per heavy atom. The van der Waals surface area contributed by atoms with Crippen molar-refractivity contribution in [3.8, 4) is 0 Å². The monoisotopic (exact) mass is 230 g/mol. The zero-order chi connectivity index (χ0) is 11.2. The maximum absolute atomic E-state index is 4.26. The molecule has 1 aromatic heterocycles. The average molecular weight is 230 g/mol. The van der Waals surface area contributed by atoms with Gasteiger partial charge in [-0.2, -0.15) is 0 Å². The summed E-state index contributed by atoms with van der Waals surface area (Å²) in [6, 6.07) is 14.3. The van der Waals surface area contributed by atoms with Gasteiger partial charge in [0.25, 0.3) is 0 Å². The predicted octanol–water partition coefficient (Wildman–Crippen LogP) is 1.87. The van der Waals surface area contributed by atoms with E-state index in [2.05, 4.69) is 37.7 Å². The third-order valence-corrected chi connectivity index (χ3v) is 2.97. The van der Waals surface area contributed by atoms with Crippen molar-refractivity contribution in [1.82, 2.24) is 10.3 Å². The summed E-state index contributed by atoms with van der Waals surface area (Å²) in [5, 5.41) is 4.63. The second-order valence-corrected chi connectivity index (χ2v) is 4.25. The summed E-state index contributed by atoms with van der Waals surface area (Å²) >= 11 is 0. The van der Waals surface area contributed by atoms with Gasteiger partial charge in [0, 0.05) is 19.3 Å². The van der Waals surface area contributed by atoms with E-state index in [4.69, 9.17) is 0 Å². The standard InChI is InChI=1S/C13H15N2P/c16-13-7-2-1-5-11(13)9-14-10-12-6-3-4-8-15-12/h1-8,14H,9-10,16H2. The van der Waals surface area contributed by atoms with E-state index < -0.39 is 0 Å². The van der Waals surface area contributed by atoms with E-state index in [-0.39, 0.29) is 0 Å². The fourth-order valence-electron chi connectivity index (χ4n) is 1.52. The van der Waals surface area contributed by atoms with Gasteiger partial charge in [0.15, 0.2) is 0 Å². The number of aromatic nitrogens is 1. The molecule has 0 aliphatic carbocycles. The van der Waals surface area contributed by atoms with Gasteiger partial charge in [-0.05, 0) is 23.0 Å². The first-order valence-corrected chi connectivity index (χ1v) is 5.88. The second-order valence-electron chi connectivity index (χ2n) is 3.62. The molecule has 0 bridgehead atoms. The van der Waals surface area contributed by atoms with Crippen LogP contribution in [0.15, 0.2) is 48.7 Å². The highest BCUT2D eigenvalue weighted by Crippen LogP contribution is 2.00. The fourth-order valence-corrected chi connectivity index (χ4v) is 1.83. The molecule has 3 heteroatoms. The van der Waals surface area contributed by atoms with E-state index in [1.807, 2.05) is 30.5 Å². The van der Waals surface area contributed by atoms with Gasteiger partial charge in [-0.3, -0.25) is 4.98 Å². The van der Waals surface area contributed by atoms with Gasteiger partial charge in [0.2, 0.25) is 0 Å². The van der Waals surface area contributed by atoms with Gasteiger partial charge >= 0.3 is 0 Å². The van der Waals surface area contributed by atoms with Crippen LogP contribution in [0.5, 0.6) is 0 Å². The third-order valence-electron chi connectivity index (χ3n) is 2.40. The lowest BCUT2D eigenvalue weighted by Gasteiger charge is -2.06. The highest BCUT2D eigenvalue weighted by molar-refractivity contribution is 7.27. The van der Waals surface area contributed by atoms with Crippen molar-refractivity contribution in [1.29, 1.82) is 0 Å². The minimum absolute atomic E-state index is 0.805. The molecule has 16 heavy (non-hydrogen) atoms. The summed E-state index contributed by atoms with van der Waals surface area (Å²) in [5.41, 5.74) is 2.38. The molecule has 0 amide bonds. The summed E-state index contributed by atoms with van der Waals surface area (Å²) in [6.07, 6.45) is 1.82. The lowest BCUT2D eigenvalue weighted by molar-refractivity contribution is 0.682. The molecule has 82 valence electrons. The van der Waals surface area contributed by atoms with Crippen LogP contribution < -0.4 is 10.6 Å². The van der Waals surface area contributed by atoms with Crippen LogP contribution in [0, 0.1) is 0 Å². The van der Waals surface area contributed by atoms with E-state index in [1.165, 1.54) is 10.9 Å². The molecule has 0 aliphatic rings. The summed E-state index contributed by atoms with van der Waals surface area (Å²) in [7, 11) is 2.75. The molecule has 2 rings (SSSR count). The first kappa shape index (κ1) is 11.3. The van der Waals surface area contributed by atoms with Crippen molar-refractivity contribution in [2.24, 2.45) is 0 Å². The van der Waals surface area contributed by atoms with Crippen molar-refractivity contribution in [3.63, 3.8) is 0 Å². The highest BCUT2D eigenvalue weighted by atomic mass is 31.0. The quantitative estimate of drug-likeness (QED) is 0.811. The molecule has 0 aliphatic heterocycles. The van der Waals surface area contributed by atoms with E-state index >= 15 is 0 Å². The van der Waals surface area contributed by atoms with E-state index in [1.54, 1.807) is 0 Å². The predicted molar refractivity (Wildman–Crippen MR) is 70.6 cm³/mol. The normalized spacial score (nSPS) is 10.3. The molecule has 1 atom stereocenters. The minimum atomic E-state index is 0.805. The lowest BCUT2D eigenvalue weighted by atomic mass is 10.2. The van der Waals surface area contributed by atoms with E-state index in [9.17, 15) is 0 Å². The number of rotatable bonds is 4. The number of pyridine rings is 1. The smallest absolute Gasteiger partial charge is 0.0541 e. The maximum atomic E-state index is 4.26. The molecular weight excluding hydrogens is 215 g/mol. The Bertz CT molecular complexity index is 443. The van der Waals surface area contributed by atoms with E-state index in [0.29, 0.717) is 0 Å². The van der Waals surface area contributed by atoms with Gasteiger partial charge < -0.3 is 5.32 Å². The number of nitrogens with zero attached hydrogens (tertiary/aromatic N) is 1. The lowest BCUT2D eigenvalue weighted by Crippen LogP contribution is -2.16. The zero-order valence-electron chi connectivity index (χ0n) is 9.06. The van der Waals surface area contributed by atoms with Crippen LogP contribution in [0.25, 0.3) is 0 Å². The van der Waals surface area contributed by atoms with Gasteiger partial charge in [0.1, 0.15) is 0 Å². The number of hydrogen-bond donors (Lipinski definition) is 1. The molecule has 0 radical (unpaired) electrons. The van der Waals surface area contributed by atoms with Crippen LogP contribution >= 0.6 is 9.24 Å². The molecular formula is C13H15N2P. The van der Waals surface area contributed by atoms with Crippen LogP contribution in [0.1, 0.15) is 11.3 Å². The molecule has 0 fully saturated rings. The van der Waals surface area contributed by atoms with Crippen molar-refractivity contribution in [3.05, 3.63) is 59.9 Å².